The predicted molar refractivity (Wildman–Crippen MR) is 150 cm³/mol. The van der Waals surface area contributed by atoms with Gasteiger partial charge in [0.1, 0.15) is 10.0 Å². The number of likely N-dealkylation sites (tertiary alicyclic amines) is 1. The van der Waals surface area contributed by atoms with E-state index in [9.17, 15) is 9.90 Å². The summed E-state index contributed by atoms with van der Waals surface area (Å²) in [5.41, 5.74) is 1.80. The first kappa shape index (κ1) is 28.8. The van der Waals surface area contributed by atoms with Gasteiger partial charge in [0, 0.05) is 31.7 Å². The van der Waals surface area contributed by atoms with E-state index in [1.165, 1.54) is 0 Å². The summed E-state index contributed by atoms with van der Waals surface area (Å²) >= 11 is 1.55. The first-order valence-electron chi connectivity index (χ1n) is 12.9. The van der Waals surface area contributed by atoms with E-state index in [1.807, 2.05) is 25.1 Å². The zero-order valence-electron chi connectivity index (χ0n) is 23.5. The molecular formula is C27H44N4O3SSi. The normalized spacial score (nSPS) is 18.4. The number of aromatic nitrogens is 2. The highest BCUT2D eigenvalue weighted by Gasteiger charge is 2.41. The average Bonchev–Trinajstić information content (AvgIpc) is 3.37. The standard InChI is InChI=1S/C27H44N4O3SSi/c1-19-28-29-24(35-19)21-12-10-11-20(15-21)23(31(25(32)33)18-26(2,3)4)17-30-14-13-22(16-30)34-36(8,9)27(5,6)7/h10-12,15,22-23H,13-14,16-18H2,1-9H3,(H,32,33)/t22-,23+/m0/s1. The molecule has 0 unspecified atom stereocenters. The van der Waals surface area contributed by atoms with Crippen molar-refractivity contribution >= 4 is 25.7 Å². The number of carbonyl (C=O) groups is 1. The Kier molecular flexibility index (Phi) is 8.70. The molecule has 0 radical (unpaired) electrons. The number of amides is 1. The summed E-state index contributed by atoms with van der Waals surface area (Å²) in [5.74, 6) is 0. The Morgan fingerprint density at radius 1 is 1.25 bits per heavy atom. The van der Waals surface area contributed by atoms with Gasteiger partial charge >= 0.3 is 6.09 Å². The second-order valence-corrected chi connectivity index (χ2v) is 18.7. The Balaban J connectivity index is 1.88. The minimum absolute atomic E-state index is 0.163. The predicted octanol–water partition coefficient (Wildman–Crippen LogP) is 6.68. The van der Waals surface area contributed by atoms with E-state index in [2.05, 4.69) is 75.8 Å². The van der Waals surface area contributed by atoms with Gasteiger partial charge in [-0.3, -0.25) is 9.80 Å². The molecule has 0 bridgehead atoms. The van der Waals surface area contributed by atoms with Crippen molar-refractivity contribution in [2.75, 3.05) is 26.2 Å². The molecule has 0 aliphatic carbocycles. The summed E-state index contributed by atoms with van der Waals surface area (Å²) in [6.45, 7) is 22.4. The Morgan fingerprint density at radius 3 is 2.50 bits per heavy atom. The molecule has 1 N–H and O–H groups in total. The molecule has 1 aromatic carbocycles. The van der Waals surface area contributed by atoms with E-state index in [1.54, 1.807) is 16.2 Å². The van der Waals surface area contributed by atoms with Crippen molar-refractivity contribution in [2.45, 2.75) is 85.2 Å². The third kappa shape index (κ3) is 7.37. The Hall–Kier alpha value is -1.81. The van der Waals surface area contributed by atoms with Crippen LogP contribution in [-0.2, 0) is 4.43 Å². The van der Waals surface area contributed by atoms with Crippen LogP contribution in [-0.4, -0.2) is 71.8 Å². The molecule has 1 amide bonds. The molecule has 0 spiro atoms. The molecule has 0 saturated carbocycles. The second kappa shape index (κ2) is 10.9. The lowest BCUT2D eigenvalue weighted by atomic mass is 9.93. The molecule has 1 aliphatic rings. The van der Waals surface area contributed by atoms with Crippen molar-refractivity contribution in [3.63, 3.8) is 0 Å². The molecule has 2 atom stereocenters. The monoisotopic (exact) mass is 532 g/mol. The highest BCUT2D eigenvalue weighted by molar-refractivity contribution is 7.14. The maximum Gasteiger partial charge on any atom is 0.407 e. The Morgan fingerprint density at radius 2 is 1.94 bits per heavy atom. The number of hydrogen-bond acceptors (Lipinski definition) is 6. The molecular weight excluding hydrogens is 488 g/mol. The van der Waals surface area contributed by atoms with Crippen LogP contribution in [0.15, 0.2) is 24.3 Å². The zero-order valence-corrected chi connectivity index (χ0v) is 25.3. The molecule has 1 saturated heterocycles. The van der Waals surface area contributed by atoms with Gasteiger partial charge in [0.25, 0.3) is 0 Å². The van der Waals surface area contributed by atoms with Crippen LogP contribution in [0.1, 0.15) is 64.6 Å². The molecule has 3 rings (SSSR count). The van der Waals surface area contributed by atoms with Crippen LogP contribution in [0.4, 0.5) is 4.79 Å². The molecule has 1 aromatic heterocycles. The number of benzene rings is 1. The van der Waals surface area contributed by atoms with Crippen molar-refractivity contribution in [1.82, 2.24) is 20.0 Å². The molecule has 2 heterocycles. The average molecular weight is 533 g/mol. The van der Waals surface area contributed by atoms with Crippen molar-refractivity contribution in [3.8, 4) is 10.6 Å². The molecule has 7 nitrogen and oxygen atoms in total. The van der Waals surface area contributed by atoms with E-state index in [0.29, 0.717) is 13.1 Å². The van der Waals surface area contributed by atoms with Crippen molar-refractivity contribution in [1.29, 1.82) is 0 Å². The summed E-state index contributed by atoms with van der Waals surface area (Å²) in [7, 11) is -1.86. The van der Waals surface area contributed by atoms with Gasteiger partial charge in [0.05, 0.1) is 12.1 Å². The van der Waals surface area contributed by atoms with Gasteiger partial charge in [0.2, 0.25) is 0 Å². The summed E-state index contributed by atoms with van der Waals surface area (Å²) in [6, 6.07) is 7.86. The summed E-state index contributed by atoms with van der Waals surface area (Å²) < 4.78 is 6.70. The molecule has 9 heteroatoms. The maximum absolute atomic E-state index is 12.6. The number of aryl methyl sites for hydroxylation is 1. The molecule has 1 aliphatic heterocycles. The van der Waals surface area contributed by atoms with Gasteiger partial charge in [-0.1, -0.05) is 71.1 Å². The number of nitrogens with zero attached hydrogens (tertiary/aromatic N) is 4. The summed E-state index contributed by atoms with van der Waals surface area (Å²) in [4.78, 5) is 16.5. The van der Waals surface area contributed by atoms with E-state index in [4.69, 9.17) is 4.43 Å². The van der Waals surface area contributed by atoms with E-state index >= 15 is 0 Å². The van der Waals surface area contributed by atoms with Crippen LogP contribution in [0, 0.1) is 12.3 Å². The van der Waals surface area contributed by atoms with Gasteiger partial charge in [-0.15, -0.1) is 10.2 Å². The van der Waals surface area contributed by atoms with Crippen LogP contribution >= 0.6 is 11.3 Å². The largest absolute Gasteiger partial charge is 0.465 e. The number of hydrogen-bond donors (Lipinski definition) is 1. The lowest BCUT2D eigenvalue weighted by molar-refractivity contribution is 0.0860. The second-order valence-electron chi connectivity index (χ2n) is 12.8. The van der Waals surface area contributed by atoms with Crippen LogP contribution in [0.3, 0.4) is 0 Å². The highest BCUT2D eigenvalue weighted by atomic mass is 32.1. The fourth-order valence-electron chi connectivity index (χ4n) is 4.40. The van der Waals surface area contributed by atoms with Crippen LogP contribution in [0.2, 0.25) is 18.1 Å². The van der Waals surface area contributed by atoms with Crippen LogP contribution in [0.5, 0.6) is 0 Å². The third-order valence-electron chi connectivity index (χ3n) is 7.24. The van der Waals surface area contributed by atoms with E-state index in [0.717, 1.165) is 40.7 Å². The number of carboxylic acid groups (broad SMARTS) is 1. The highest BCUT2D eigenvalue weighted by Crippen LogP contribution is 2.39. The maximum atomic E-state index is 12.6. The molecule has 1 fully saturated rings. The summed E-state index contributed by atoms with van der Waals surface area (Å²) in [6.07, 6.45) is 0.291. The first-order chi connectivity index (χ1) is 16.6. The summed E-state index contributed by atoms with van der Waals surface area (Å²) in [5, 5.41) is 20.7. The van der Waals surface area contributed by atoms with Gasteiger partial charge < -0.3 is 9.53 Å². The first-order valence-corrected chi connectivity index (χ1v) is 16.6. The third-order valence-corrected chi connectivity index (χ3v) is 12.7. The number of rotatable bonds is 8. The van der Waals surface area contributed by atoms with Crippen LogP contribution < -0.4 is 0 Å². The molecule has 200 valence electrons. The quantitative estimate of drug-likeness (QED) is 0.382. The van der Waals surface area contributed by atoms with Crippen molar-refractivity contribution in [3.05, 3.63) is 34.8 Å². The van der Waals surface area contributed by atoms with E-state index in [-0.39, 0.29) is 22.6 Å². The Bertz CT molecular complexity index is 1040. The molecule has 2 aromatic rings. The zero-order chi connectivity index (χ0) is 26.9. The lowest BCUT2D eigenvalue weighted by Gasteiger charge is -2.39. The molecule has 36 heavy (non-hydrogen) atoms. The Labute approximate surface area is 222 Å². The van der Waals surface area contributed by atoms with Gasteiger partial charge in [-0.2, -0.15) is 0 Å². The van der Waals surface area contributed by atoms with Crippen LogP contribution in [0.25, 0.3) is 10.6 Å². The smallest absolute Gasteiger partial charge is 0.407 e. The van der Waals surface area contributed by atoms with Gasteiger partial charge in [-0.05, 0) is 48.5 Å². The van der Waals surface area contributed by atoms with E-state index < -0.39 is 14.4 Å². The fraction of sp³-hybridized carbons (Fsp3) is 0.667. The minimum atomic E-state index is -1.86. The SMILES string of the molecule is Cc1nnc(-c2cccc([C@@H](CN3CC[C@H](O[Si](C)(C)C(C)(C)C)C3)N(CC(C)(C)C)C(=O)O)c2)s1. The fourth-order valence-corrected chi connectivity index (χ4v) is 6.46. The van der Waals surface area contributed by atoms with Gasteiger partial charge in [0.15, 0.2) is 8.32 Å². The lowest BCUT2D eigenvalue weighted by Crippen LogP contribution is -2.46. The van der Waals surface area contributed by atoms with Crippen molar-refractivity contribution < 1.29 is 14.3 Å². The van der Waals surface area contributed by atoms with Crippen molar-refractivity contribution in [2.24, 2.45) is 5.41 Å². The minimum Gasteiger partial charge on any atom is -0.465 e. The van der Waals surface area contributed by atoms with Gasteiger partial charge in [-0.25, -0.2) is 4.79 Å². The topological polar surface area (TPSA) is 78.8 Å².